The lowest BCUT2D eigenvalue weighted by Crippen LogP contribution is -2.37. The zero-order chi connectivity index (χ0) is 90.1. The Balaban J connectivity index is 0.000000162. The van der Waals surface area contributed by atoms with Crippen LogP contribution in [-0.4, -0.2) is 187 Å². The fraction of sp³-hybridized carbons (Fsp3) is 0.407. The first-order valence-corrected chi connectivity index (χ1v) is 45.0. The smallest absolute Gasteiger partial charge is 0.337 e. The highest BCUT2D eigenvalue weighted by molar-refractivity contribution is 8.04. The lowest BCUT2D eigenvalue weighted by molar-refractivity contribution is -0.159. The number of nitrogens with zero attached hydrogens (tertiary/aromatic N) is 15. The van der Waals surface area contributed by atoms with E-state index in [2.05, 4.69) is 121 Å². The molecule has 4 unspecified atom stereocenters. The van der Waals surface area contributed by atoms with Gasteiger partial charge in [0.2, 0.25) is 53.1 Å². The molecule has 8 aromatic rings. The minimum absolute atomic E-state index is 0.0807. The van der Waals surface area contributed by atoms with Crippen LogP contribution in [0.5, 0.6) is 17.2 Å². The van der Waals surface area contributed by atoms with Crippen LogP contribution in [0, 0.1) is 55.2 Å². The maximum absolute atomic E-state index is 13.2. The highest BCUT2D eigenvalue weighted by Crippen LogP contribution is 2.44. The molecule has 0 radical (unpaired) electrons. The lowest BCUT2D eigenvalue weighted by Gasteiger charge is -2.37. The summed E-state index contributed by atoms with van der Waals surface area (Å²) < 4.78 is 125. The van der Waals surface area contributed by atoms with Gasteiger partial charge in [-0.05, 0) is 135 Å². The van der Waals surface area contributed by atoms with E-state index in [-0.39, 0.29) is 137 Å². The number of methoxy groups -OCH3 is 4. The summed E-state index contributed by atoms with van der Waals surface area (Å²) in [5, 5.41) is 20.4. The standard InChI is InChI=1S/C24H29N5O5S.C23H30N4O6S2.C18H17N5O4.C16H15N5O5S/c1-13-9-14(2)21(15(3)10-13)34-24(30)17-12-29-23(20(17)25-4)26-22(27-29)16-7-8-19(33-5)18(11-16)28-35(6,31)32;1-13-9-14(2)19(15(3)10-13)32-23(28)18-12-27-22(20(18)34-33-31-4)24-21(25-27)16-7-6-8-17(11-16)26-35(5,29)30;1-5-27-18(25)12-9-23-17(15(12)19-3)21-16(22-23)11-6-7-14(26-4)13(8-11)20-10(2)24;1-17-13-10(16(22)26-3)8-21-15(13)18-14(19-21)9-5-6-12(25-2)11(7-9)20-27(4,23)24/h7-8,11,13-15,21,28H,9-10,12H2,1-3,5-6H3;6-8,11,13-15,19,26H,9-10,12H2,1-5H3;6-8H,5,9H2,1-2,4H3,(H,20,24);5-7,20H,8H2,2-4H3. The van der Waals surface area contributed by atoms with Gasteiger partial charge in [0.05, 0.1) is 163 Å². The van der Waals surface area contributed by atoms with Crippen LogP contribution in [0.25, 0.3) is 82.1 Å². The topological polar surface area (TPSA) is 455 Å². The molecule has 14 rings (SSSR count). The number of benzene rings is 4. The molecular weight excluding hydrogens is 1690 g/mol. The van der Waals surface area contributed by atoms with E-state index in [1.54, 1.807) is 84.4 Å². The van der Waals surface area contributed by atoms with Gasteiger partial charge in [-0.3, -0.25) is 33.0 Å². The summed E-state index contributed by atoms with van der Waals surface area (Å²) in [4.78, 5) is 94.9. The maximum atomic E-state index is 13.2. The first kappa shape index (κ1) is 91.9. The number of carbonyl (C=O) groups excluding carboxylic acids is 5. The number of sulfonamides is 3. The molecule has 2 fully saturated rings. The number of carbonyl (C=O) groups is 5. The Bertz CT molecular complexity index is 6140. The zero-order valence-corrected chi connectivity index (χ0v) is 73.8. The summed E-state index contributed by atoms with van der Waals surface area (Å²) in [5.74, 6) is 3.87. The van der Waals surface area contributed by atoms with Crippen LogP contribution in [-0.2, 0) is 108 Å². The molecule has 39 nitrogen and oxygen atoms in total. The van der Waals surface area contributed by atoms with Crippen LogP contribution in [0.15, 0.2) is 101 Å². The van der Waals surface area contributed by atoms with Gasteiger partial charge in [-0.1, -0.05) is 53.7 Å². The summed E-state index contributed by atoms with van der Waals surface area (Å²) in [6.45, 7) is 39.1. The highest BCUT2D eigenvalue weighted by atomic mass is 32.2. The van der Waals surface area contributed by atoms with Gasteiger partial charge in [0.25, 0.3) is 0 Å². The molecule has 0 saturated heterocycles. The minimum atomic E-state index is -3.53. The number of rotatable bonds is 24. The largest absolute Gasteiger partial charge is 0.495 e. The van der Waals surface area contributed by atoms with Crippen molar-refractivity contribution >= 4 is 117 Å². The summed E-state index contributed by atoms with van der Waals surface area (Å²) in [6.07, 6.45) is 6.88. The highest BCUT2D eigenvalue weighted by Gasteiger charge is 2.41. The van der Waals surface area contributed by atoms with E-state index in [9.17, 15) is 49.2 Å². The van der Waals surface area contributed by atoms with Crippen LogP contribution in [0.4, 0.5) is 22.7 Å². The minimum Gasteiger partial charge on any atom is -0.495 e. The molecule has 6 aliphatic rings. The summed E-state index contributed by atoms with van der Waals surface area (Å²) >= 11 is 0.888. The number of hydrogen-bond acceptors (Lipinski definition) is 29. The predicted octanol–water partition coefficient (Wildman–Crippen LogP) is 10.7. The average Bonchev–Trinajstić information content (AvgIpc) is 1.62. The van der Waals surface area contributed by atoms with Crippen molar-refractivity contribution in [2.24, 2.45) is 35.5 Å². The van der Waals surface area contributed by atoms with Gasteiger partial charge in [-0.25, -0.2) is 88.5 Å². The van der Waals surface area contributed by atoms with Crippen LogP contribution in [0.2, 0.25) is 0 Å². The van der Waals surface area contributed by atoms with E-state index >= 15 is 0 Å². The van der Waals surface area contributed by atoms with Crippen molar-refractivity contribution in [1.82, 2.24) is 59.1 Å². The Hall–Kier alpha value is -12.9. The maximum Gasteiger partial charge on any atom is 0.337 e. The number of aromatic nitrogens is 12. The molecular formula is C81H91N19O20S4. The first-order valence-electron chi connectivity index (χ1n) is 38.6. The lowest BCUT2D eigenvalue weighted by atomic mass is 9.75. The van der Waals surface area contributed by atoms with Crippen molar-refractivity contribution in [3.63, 3.8) is 0 Å². The monoisotopic (exact) mass is 1780 g/mol. The van der Waals surface area contributed by atoms with Gasteiger partial charge in [0.15, 0.2) is 46.6 Å². The summed E-state index contributed by atoms with van der Waals surface area (Å²) in [6, 6.07) is 21.6. The van der Waals surface area contributed by atoms with Crippen molar-refractivity contribution in [3.8, 4) is 62.8 Å². The third-order valence-corrected chi connectivity index (χ3v) is 23.0. The second-order valence-electron chi connectivity index (χ2n) is 30.3. The Morgan fingerprint density at radius 1 is 0.468 bits per heavy atom. The molecule has 0 bridgehead atoms. The zero-order valence-electron chi connectivity index (χ0n) is 70.5. The van der Waals surface area contributed by atoms with E-state index in [0.29, 0.717) is 102 Å². The molecule has 43 heteroatoms. The molecule has 654 valence electrons. The predicted molar refractivity (Wildman–Crippen MR) is 456 cm³/mol. The number of esters is 4. The van der Waals surface area contributed by atoms with Crippen LogP contribution < -0.4 is 33.7 Å². The van der Waals surface area contributed by atoms with Gasteiger partial charge < -0.3 is 38.5 Å². The number of ether oxygens (including phenoxy) is 7. The van der Waals surface area contributed by atoms with E-state index in [0.717, 1.165) is 56.5 Å². The molecule has 124 heavy (non-hydrogen) atoms. The third-order valence-electron chi connectivity index (χ3n) is 20.4. The van der Waals surface area contributed by atoms with Crippen molar-refractivity contribution in [3.05, 3.63) is 159 Å². The number of fused-ring (bicyclic) bond motifs is 4. The Labute approximate surface area is 720 Å². The van der Waals surface area contributed by atoms with E-state index in [4.69, 9.17) is 57.4 Å². The fourth-order valence-corrected chi connectivity index (χ4v) is 17.8. The van der Waals surface area contributed by atoms with Gasteiger partial charge in [-0.15, -0.1) is 0 Å². The van der Waals surface area contributed by atoms with Gasteiger partial charge in [-0.2, -0.15) is 24.7 Å². The van der Waals surface area contributed by atoms with Crippen molar-refractivity contribution < 1.29 is 91.6 Å². The Morgan fingerprint density at radius 3 is 1.19 bits per heavy atom. The van der Waals surface area contributed by atoms with Crippen molar-refractivity contribution in [2.75, 3.05) is 80.4 Å². The average molecular weight is 1780 g/mol. The second-order valence-corrected chi connectivity index (χ2v) is 36.2. The Morgan fingerprint density at radius 2 is 0.823 bits per heavy atom. The molecule has 2 aliphatic carbocycles. The van der Waals surface area contributed by atoms with Crippen LogP contribution >= 0.6 is 12.0 Å². The molecule has 4 aliphatic heterocycles. The fourth-order valence-electron chi connectivity index (χ4n) is 15.5. The van der Waals surface area contributed by atoms with E-state index in [1.165, 1.54) is 62.6 Å². The first-order chi connectivity index (χ1) is 58.8. The molecule has 4 aromatic heterocycles. The molecule has 4 aromatic carbocycles. The van der Waals surface area contributed by atoms with E-state index < -0.39 is 53.9 Å². The number of hydrogen-bond donors (Lipinski definition) is 4. The molecule has 0 spiro atoms. The van der Waals surface area contributed by atoms with E-state index in [1.807, 2.05) is 0 Å². The molecule has 1 amide bonds. The number of nitrogens with one attached hydrogen (secondary N) is 4. The molecule has 2 saturated carbocycles. The molecule has 8 heterocycles. The van der Waals surface area contributed by atoms with Gasteiger partial charge in [0, 0.05) is 34.9 Å². The van der Waals surface area contributed by atoms with Crippen LogP contribution in [0.1, 0.15) is 104 Å². The Kier molecular flexibility index (Phi) is 28.7. The SMILES string of the molecule is COOSC1=C(C(=O)OC2C(C)CC(C)CC2C)Cn2nc(-c3cccc(NS(C)(=O)=O)c3)nc21.[C-]#[N+]C1=C(C(=O)OC)Cn2nc(-c3ccc(OC)c(NS(C)(=O)=O)c3)nc21.[C-]#[N+]C1=C(C(=O)OC2C(C)CC(C)CC2C)Cn2nc(-c3ccc(OC)c(NS(C)(=O)=O)c3)nc21.[C-]#[N+]C1=C(C(=O)OCC)Cn2nc(-c3ccc(OC)c(NC(C)=O)c3)nc21. The second kappa shape index (κ2) is 38.7. The van der Waals surface area contributed by atoms with Crippen LogP contribution in [0.3, 0.4) is 0 Å². The number of amides is 1. The summed E-state index contributed by atoms with van der Waals surface area (Å²) in [7, 11) is -3.48. The van der Waals surface area contributed by atoms with Gasteiger partial charge in [0.1, 0.15) is 29.5 Å². The van der Waals surface area contributed by atoms with Gasteiger partial charge >= 0.3 is 23.9 Å². The number of anilines is 4. The normalized spacial score (nSPS) is 19.2. The molecule has 4 atom stereocenters. The van der Waals surface area contributed by atoms with Crippen molar-refractivity contribution in [1.29, 1.82) is 0 Å². The van der Waals surface area contributed by atoms with Crippen molar-refractivity contribution in [2.45, 2.75) is 119 Å². The molecule has 4 N–H and O–H groups in total. The third kappa shape index (κ3) is 21.4. The quantitative estimate of drug-likeness (QED) is 0.0109. The summed E-state index contributed by atoms with van der Waals surface area (Å²) in [5.41, 5.74) is 5.18.